The Balaban J connectivity index is 1.43. The van der Waals surface area contributed by atoms with E-state index in [1.807, 2.05) is 36.1 Å². The number of nitrogens with zero attached hydrogens (tertiary/aromatic N) is 2. The number of hydrogen-bond acceptors (Lipinski definition) is 5. The number of rotatable bonds is 4. The maximum absolute atomic E-state index is 12.3. The first-order chi connectivity index (χ1) is 11.6. The molecular formula is C17H23N3O3S. The molecule has 0 aromatic heterocycles. The Kier molecular flexibility index (Phi) is 5.63. The van der Waals surface area contributed by atoms with Crippen molar-refractivity contribution in [3.8, 4) is 5.75 Å². The third-order valence-electron chi connectivity index (χ3n) is 4.34. The lowest BCUT2D eigenvalue weighted by Gasteiger charge is -2.35. The second-order valence-corrected chi connectivity index (χ2v) is 7.11. The van der Waals surface area contributed by atoms with Crippen molar-refractivity contribution in [2.75, 3.05) is 44.4 Å². The van der Waals surface area contributed by atoms with Gasteiger partial charge in [-0.15, -0.1) is 11.8 Å². The molecule has 0 aliphatic carbocycles. The Morgan fingerprint density at radius 2 is 1.83 bits per heavy atom. The van der Waals surface area contributed by atoms with Gasteiger partial charge in [0.15, 0.2) is 6.61 Å². The molecule has 2 heterocycles. The van der Waals surface area contributed by atoms with Crippen molar-refractivity contribution in [3.63, 3.8) is 0 Å². The molecule has 6 nitrogen and oxygen atoms in total. The van der Waals surface area contributed by atoms with Crippen molar-refractivity contribution >= 4 is 23.6 Å². The second-order valence-electron chi connectivity index (χ2n) is 6.08. The number of carbonyl (C=O) groups is 2. The molecule has 7 heteroatoms. The van der Waals surface area contributed by atoms with Crippen LogP contribution in [0.1, 0.15) is 5.56 Å². The lowest BCUT2D eigenvalue weighted by atomic mass is 10.2. The van der Waals surface area contributed by atoms with Crippen LogP contribution in [0.4, 0.5) is 0 Å². The molecule has 3 rings (SSSR count). The summed E-state index contributed by atoms with van der Waals surface area (Å²) in [6.07, 6.45) is 0. The van der Waals surface area contributed by atoms with Gasteiger partial charge in [-0.1, -0.05) is 17.7 Å². The quantitative estimate of drug-likeness (QED) is 0.867. The minimum absolute atomic E-state index is 0.0304. The minimum Gasteiger partial charge on any atom is -0.484 e. The average molecular weight is 349 g/mol. The van der Waals surface area contributed by atoms with Gasteiger partial charge in [0.05, 0.1) is 6.04 Å². The number of aryl methyl sites for hydroxylation is 1. The molecule has 1 aromatic rings. The van der Waals surface area contributed by atoms with Crippen molar-refractivity contribution in [1.29, 1.82) is 0 Å². The van der Waals surface area contributed by atoms with Gasteiger partial charge in [0.1, 0.15) is 5.75 Å². The lowest BCUT2D eigenvalue weighted by Crippen LogP contribution is -2.55. The summed E-state index contributed by atoms with van der Waals surface area (Å²) in [5, 5.41) is 3.20. The maximum atomic E-state index is 12.3. The standard InChI is InChI=1S/C17H23N3O3S/c1-13-2-4-14(5-3-13)23-10-16(21)19-6-8-20(9-7-19)17(22)15-11-24-12-18-15/h2-5,15,18H,6-12H2,1H3. The highest BCUT2D eigenvalue weighted by molar-refractivity contribution is 7.99. The molecule has 0 radical (unpaired) electrons. The zero-order chi connectivity index (χ0) is 16.9. The Morgan fingerprint density at radius 1 is 1.17 bits per heavy atom. The van der Waals surface area contributed by atoms with Crippen molar-refractivity contribution in [1.82, 2.24) is 15.1 Å². The summed E-state index contributed by atoms with van der Waals surface area (Å²) in [7, 11) is 0. The number of amides is 2. The molecule has 2 aliphatic heterocycles. The highest BCUT2D eigenvalue weighted by atomic mass is 32.2. The fourth-order valence-electron chi connectivity index (χ4n) is 2.82. The van der Waals surface area contributed by atoms with E-state index in [4.69, 9.17) is 4.74 Å². The lowest BCUT2D eigenvalue weighted by molar-refractivity contribution is -0.141. The Morgan fingerprint density at radius 3 is 2.46 bits per heavy atom. The van der Waals surface area contributed by atoms with Gasteiger partial charge in [-0.2, -0.15) is 0 Å². The minimum atomic E-state index is -0.0675. The topological polar surface area (TPSA) is 61.9 Å². The molecule has 0 bridgehead atoms. The van der Waals surface area contributed by atoms with E-state index in [1.54, 1.807) is 16.7 Å². The van der Waals surface area contributed by atoms with Gasteiger partial charge in [0.25, 0.3) is 5.91 Å². The Bertz CT molecular complexity index is 579. The number of carbonyl (C=O) groups excluding carboxylic acids is 2. The van der Waals surface area contributed by atoms with Crippen molar-refractivity contribution in [2.24, 2.45) is 0 Å². The van der Waals surface area contributed by atoms with Crippen LogP contribution in [-0.2, 0) is 9.59 Å². The van der Waals surface area contributed by atoms with Crippen LogP contribution in [-0.4, -0.2) is 72.1 Å². The van der Waals surface area contributed by atoms with Gasteiger partial charge >= 0.3 is 0 Å². The van der Waals surface area contributed by atoms with Crippen LogP contribution >= 0.6 is 11.8 Å². The summed E-state index contributed by atoms with van der Waals surface area (Å²) in [5.41, 5.74) is 1.16. The maximum Gasteiger partial charge on any atom is 0.260 e. The predicted molar refractivity (Wildman–Crippen MR) is 94.1 cm³/mol. The van der Waals surface area contributed by atoms with Crippen LogP contribution in [0, 0.1) is 6.92 Å². The summed E-state index contributed by atoms with van der Waals surface area (Å²) in [6.45, 7) is 4.38. The number of hydrogen-bond donors (Lipinski definition) is 1. The fourth-order valence-corrected chi connectivity index (χ4v) is 3.75. The molecular weight excluding hydrogens is 326 g/mol. The highest BCUT2D eigenvalue weighted by Gasteiger charge is 2.30. The molecule has 1 N–H and O–H groups in total. The SMILES string of the molecule is Cc1ccc(OCC(=O)N2CCN(C(=O)C3CSCN3)CC2)cc1. The number of piperazine rings is 1. The van der Waals surface area contributed by atoms with E-state index in [0.29, 0.717) is 31.9 Å². The van der Waals surface area contributed by atoms with Crippen LogP contribution in [0.5, 0.6) is 5.75 Å². The molecule has 2 saturated heterocycles. The van der Waals surface area contributed by atoms with Gasteiger partial charge in [0.2, 0.25) is 5.91 Å². The van der Waals surface area contributed by atoms with E-state index in [-0.39, 0.29) is 24.5 Å². The van der Waals surface area contributed by atoms with Crippen molar-refractivity contribution < 1.29 is 14.3 Å². The Labute approximate surface area is 146 Å². The normalized spacial score (nSPS) is 21.0. The van der Waals surface area contributed by atoms with Crippen molar-refractivity contribution in [2.45, 2.75) is 13.0 Å². The van der Waals surface area contributed by atoms with Crippen LogP contribution < -0.4 is 10.1 Å². The molecule has 1 unspecified atom stereocenters. The summed E-state index contributed by atoms with van der Waals surface area (Å²) >= 11 is 1.75. The van der Waals surface area contributed by atoms with E-state index in [0.717, 1.165) is 17.2 Å². The molecule has 2 amide bonds. The monoisotopic (exact) mass is 349 g/mol. The van der Waals surface area contributed by atoms with E-state index in [1.165, 1.54) is 0 Å². The van der Waals surface area contributed by atoms with E-state index in [2.05, 4.69) is 5.32 Å². The molecule has 2 aliphatic rings. The number of nitrogens with one attached hydrogen (secondary N) is 1. The number of thioether (sulfide) groups is 1. The summed E-state index contributed by atoms with van der Waals surface area (Å²) in [6, 6.07) is 7.58. The molecule has 130 valence electrons. The molecule has 1 atom stereocenters. The number of benzene rings is 1. The zero-order valence-corrected chi connectivity index (χ0v) is 14.7. The zero-order valence-electron chi connectivity index (χ0n) is 13.9. The summed E-state index contributed by atoms with van der Waals surface area (Å²) in [5.74, 6) is 2.50. The first-order valence-electron chi connectivity index (χ1n) is 8.20. The first kappa shape index (κ1) is 17.1. The van der Waals surface area contributed by atoms with Crippen LogP contribution in [0.25, 0.3) is 0 Å². The summed E-state index contributed by atoms with van der Waals surface area (Å²) < 4.78 is 5.55. The summed E-state index contributed by atoms with van der Waals surface area (Å²) in [4.78, 5) is 28.2. The second kappa shape index (κ2) is 7.90. The molecule has 24 heavy (non-hydrogen) atoms. The molecule has 1 aromatic carbocycles. The van der Waals surface area contributed by atoms with E-state index >= 15 is 0 Å². The number of ether oxygens (including phenoxy) is 1. The van der Waals surface area contributed by atoms with Gasteiger partial charge in [-0.05, 0) is 19.1 Å². The third kappa shape index (κ3) is 4.21. The smallest absolute Gasteiger partial charge is 0.260 e. The van der Waals surface area contributed by atoms with E-state index < -0.39 is 0 Å². The highest BCUT2D eigenvalue weighted by Crippen LogP contribution is 2.14. The van der Waals surface area contributed by atoms with Crippen LogP contribution in [0.2, 0.25) is 0 Å². The molecule has 0 spiro atoms. The van der Waals surface area contributed by atoms with E-state index in [9.17, 15) is 9.59 Å². The van der Waals surface area contributed by atoms with Gasteiger partial charge in [0, 0.05) is 37.8 Å². The Hall–Kier alpha value is -1.73. The van der Waals surface area contributed by atoms with Gasteiger partial charge in [-0.25, -0.2) is 0 Å². The third-order valence-corrected chi connectivity index (χ3v) is 5.28. The fraction of sp³-hybridized carbons (Fsp3) is 0.529. The first-order valence-corrected chi connectivity index (χ1v) is 9.36. The van der Waals surface area contributed by atoms with Gasteiger partial charge in [-0.3, -0.25) is 14.9 Å². The van der Waals surface area contributed by atoms with Crippen LogP contribution in [0.3, 0.4) is 0 Å². The molecule has 2 fully saturated rings. The van der Waals surface area contributed by atoms with Crippen LogP contribution in [0.15, 0.2) is 24.3 Å². The van der Waals surface area contributed by atoms with Gasteiger partial charge < -0.3 is 14.5 Å². The molecule has 0 saturated carbocycles. The van der Waals surface area contributed by atoms with Crippen molar-refractivity contribution in [3.05, 3.63) is 29.8 Å². The largest absolute Gasteiger partial charge is 0.484 e. The average Bonchev–Trinajstić information content (AvgIpc) is 3.15. The predicted octanol–water partition coefficient (Wildman–Crippen LogP) is 0.707.